The zero-order chi connectivity index (χ0) is 29.9. The molecule has 9 N–H and O–H groups in total. The Labute approximate surface area is 240 Å². The topological polar surface area (TPSA) is 216 Å². The first-order chi connectivity index (χ1) is 19.8. The maximum absolute atomic E-state index is 13.3. The molecule has 5 amide bonds. The van der Waals surface area contributed by atoms with Gasteiger partial charge in [0.15, 0.2) is 0 Å². The van der Waals surface area contributed by atoms with Crippen LogP contribution in [-0.2, 0) is 35.2 Å². The predicted octanol–water partition coefficient (Wildman–Crippen LogP) is -0.654. The number of amides is 5. The van der Waals surface area contributed by atoms with Gasteiger partial charge in [-0.3, -0.25) is 14.4 Å². The molecule has 0 radical (unpaired) electrons. The monoisotopic (exact) mass is 580 g/mol. The molecule has 0 aliphatic heterocycles. The minimum absolute atomic E-state index is 0.129. The van der Waals surface area contributed by atoms with Crippen molar-refractivity contribution in [3.8, 4) is 0 Å². The normalized spacial score (nSPS) is 14.4. The number of carbonyl (C=O) groups excluding carboxylic acids is 4. The zero-order valence-electron chi connectivity index (χ0n) is 23.5. The van der Waals surface area contributed by atoms with E-state index in [0.29, 0.717) is 76.5 Å². The van der Waals surface area contributed by atoms with Gasteiger partial charge < -0.3 is 52.1 Å². The SMILES string of the molecule is NCCOCCOCCOCCNC(=O)C1(C(=O)N[C@@H](CCCNC(N)=O)C(=O)Nc2ccc(CO)cc2)CCC1. The molecule has 2 rings (SSSR count). The lowest BCUT2D eigenvalue weighted by Crippen LogP contribution is -2.58. The summed E-state index contributed by atoms with van der Waals surface area (Å²) in [7, 11) is 0. The Morgan fingerprint density at radius 3 is 2.07 bits per heavy atom. The van der Waals surface area contributed by atoms with Crippen LogP contribution in [0.3, 0.4) is 0 Å². The van der Waals surface area contributed by atoms with Gasteiger partial charge in [-0.05, 0) is 43.4 Å². The highest BCUT2D eigenvalue weighted by atomic mass is 16.5. The molecule has 1 saturated carbocycles. The Morgan fingerprint density at radius 2 is 1.51 bits per heavy atom. The number of urea groups is 1. The minimum Gasteiger partial charge on any atom is -0.392 e. The zero-order valence-corrected chi connectivity index (χ0v) is 23.5. The highest BCUT2D eigenvalue weighted by Gasteiger charge is 2.51. The Kier molecular flexibility index (Phi) is 15.7. The third kappa shape index (κ3) is 12.0. The molecule has 1 atom stereocenters. The summed E-state index contributed by atoms with van der Waals surface area (Å²) in [6.45, 7) is 3.15. The van der Waals surface area contributed by atoms with E-state index in [9.17, 15) is 24.3 Å². The van der Waals surface area contributed by atoms with Crippen molar-refractivity contribution in [2.24, 2.45) is 16.9 Å². The van der Waals surface area contributed by atoms with Crippen LogP contribution >= 0.6 is 0 Å². The molecule has 0 spiro atoms. The summed E-state index contributed by atoms with van der Waals surface area (Å²) in [6.07, 6.45) is 2.02. The fourth-order valence-corrected chi connectivity index (χ4v) is 4.12. The Morgan fingerprint density at radius 1 is 0.878 bits per heavy atom. The van der Waals surface area contributed by atoms with Gasteiger partial charge in [-0.1, -0.05) is 18.6 Å². The average Bonchev–Trinajstić information content (AvgIpc) is 2.93. The number of carbonyl (C=O) groups is 4. The van der Waals surface area contributed by atoms with E-state index in [1.807, 2.05) is 0 Å². The van der Waals surface area contributed by atoms with E-state index in [1.54, 1.807) is 24.3 Å². The largest absolute Gasteiger partial charge is 0.392 e. The average molecular weight is 581 g/mol. The first kappa shape index (κ1) is 33.9. The van der Waals surface area contributed by atoms with Crippen LogP contribution in [-0.4, -0.2) is 94.2 Å². The van der Waals surface area contributed by atoms with Crippen LogP contribution in [0.4, 0.5) is 10.5 Å². The van der Waals surface area contributed by atoms with Crippen molar-refractivity contribution in [3.63, 3.8) is 0 Å². The van der Waals surface area contributed by atoms with Crippen molar-refractivity contribution in [1.29, 1.82) is 0 Å². The maximum Gasteiger partial charge on any atom is 0.312 e. The third-order valence-corrected chi connectivity index (χ3v) is 6.61. The molecule has 0 bridgehead atoms. The van der Waals surface area contributed by atoms with Gasteiger partial charge in [0, 0.05) is 25.3 Å². The van der Waals surface area contributed by atoms with E-state index in [2.05, 4.69) is 21.3 Å². The summed E-state index contributed by atoms with van der Waals surface area (Å²) in [5.74, 6) is -1.40. The second kappa shape index (κ2) is 18.9. The fraction of sp³-hybridized carbons (Fsp3) is 0.630. The highest BCUT2D eigenvalue weighted by Crippen LogP contribution is 2.41. The lowest BCUT2D eigenvalue weighted by molar-refractivity contribution is -0.151. The Balaban J connectivity index is 1.85. The number of primary amides is 1. The van der Waals surface area contributed by atoms with Crippen molar-refractivity contribution >= 4 is 29.4 Å². The molecule has 1 aromatic carbocycles. The first-order valence-electron chi connectivity index (χ1n) is 13.9. The van der Waals surface area contributed by atoms with Crippen molar-refractivity contribution in [1.82, 2.24) is 16.0 Å². The molecule has 1 aliphatic carbocycles. The van der Waals surface area contributed by atoms with Gasteiger partial charge in [0.1, 0.15) is 11.5 Å². The number of hydrogen-bond donors (Lipinski definition) is 7. The second-order valence-corrected chi connectivity index (χ2v) is 9.62. The summed E-state index contributed by atoms with van der Waals surface area (Å²) in [6, 6.07) is 4.99. The van der Waals surface area contributed by atoms with E-state index in [0.717, 1.165) is 0 Å². The summed E-state index contributed by atoms with van der Waals surface area (Å²) >= 11 is 0. The first-order valence-corrected chi connectivity index (χ1v) is 13.9. The van der Waals surface area contributed by atoms with Crippen LogP contribution in [0.1, 0.15) is 37.7 Å². The number of nitrogens with two attached hydrogens (primary N) is 2. The predicted molar refractivity (Wildman–Crippen MR) is 151 cm³/mol. The molecule has 14 heteroatoms. The van der Waals surface area contributed by atoms with E-state index in [1.165, 1.54) is 0 Å². The smallest absolute Gasteiger partial charge is 0.312 e. The number of anilines is 1. The molecule has 14 nitrogen and oxygen atoms in total. The van der Waals surface area contributed by atoms with Crippen LogP contribution in [0.15, 0.2) is 24.3 Å². The number of hydrogen-bond acceptors (Lipinski definition) is 9. The molecular formula is C27H44N6O8. The molecule has 1 fully saturated rings. The summed E-state index contributed by atoms with van der Waals surface area (Å²) in [5.41, 5.74) is 10.4. The highest BCUT2D eigenvalue weighted by molar-refractivity contribution is 6.07. The molecule has 1 aromatic rings. The molecule has 1 aliphatic rings. The summed E-state index contributed by atoms with van der Waals surface area (Å²) in [5, 5.41) is 20.0. The molecule has 0 unspecified atom stereocenters. The standard InChI is InChI=1S/C27H44N6O8/c28-10-13-39-15-17-41-18-16-40-14-12-30-24(36)27(8-2-9-27)25(37)33-22(3-1-11-31-26(29)38)23(35)32-21-6-4-20(19-34)5-7-21/h4-7,22,34H,1-3,8-19,28H2,(H,30,36)(H,32,35)(H,33,37)(H3,29,31,38)/t22-/m0/s1. The molecule has 0 saturated heterocycles. The van der Waals surface area contributed by atoms with Crippen LogP contribution in [0.25, 0.3) is 0 Å². The molecule has 0 heterocycles. The number of aliphatic hydroxyl groups is 1. The maximum atomic E-state index is 13.3. The van der Waals surface area contributed by atoms with Crippen molar-refractivity contribution in [2.75, 3.05) is 64.6 Å². The molecule has 0 aromatic heterocycles. The Bertz CT molecular complexity index is 958. The molecular weight excluding hydrogens is 536 g/mol. The van der Waals surface area contributed by atoms with E-state index < -0.39 is 35.2 Å². The van der Waals surface area contributed by atoms with Crippen LogP contribution in [0, 0.1) is 5.41 Å². The van der Waals surface area contributed by atoms with Gasteiger partial charge in [0.05, 0.1) is 46.2 Å². The van der Waals surface area contributed by atoms with Crippen molar-refractivity contribution in [2.45, 2.75) is 44.8 Å². The van der Waals surface area contributed by atoms with E-state index >= 15 is 0 Å². The van der Waals surface area contributed by atoms with Gasteiger partial charge in [-0.2, -0.15) is 0 Å². The van der Waals surface area contributed by atoms with Crippen LogP contribution in [0.5, 0.6) is 0 Å². The number of nitrogens with one attached hydrogen (secondary N) is 4. The quantitative estimate of drug-likeness (QED) is 0.0725. The lowest BCUT2D eigenvalue weighted by Gasteiger charge is -2.39. The van der Waals surface area contributed by atoms with E-state index in [4.69, 9.17) is 25.7 Å². The molecule has 230 valence electrons. The Hall–Kier alpha value is -3.30. The van der Waals surface area contributed by atoms with Gasteiger partial charge in [-0.15, -0.1) is 0 Å². The van der Waals surface area contributed by atoms with Gasteiger partial charge in [-0.25, -0.2) is 4.79 Å². The van der Waals surface area contributed by atoms with Gasteiger partial charge in [0.25, 0.3) is 0 Å². The van der Waals surface area contributed by atoms with Gasteiger partial charge >= 0.3 is 6.03 Å². The van der Waals surface area contributed by atoms with Crippen LogP contribution in [0.2, 0.25) is 0 Å². The van der Waals surface area contributed by atoms with Crippen molar-refractivity contribution in [3.05, 3.63) is 29.8 Å². The number of aliphatic hydroxyl groups excluding tert-OH is 1. The third-order valence-electron chi connectivity index (χ3n) is 6.61. The van der Waals surface area contributed by atoms with E-state index in [-0.39, 0.29) is 32.7 Å². The minimum atomic E-state index is -1.26. The number of ether oxygens (including phenoxy) is 3. The number of rotatable bonds is 21. The summed E-state index contributed by atoms with van der Waals surface area (Å²) in [4.78, 5) is 50.5. The van der Waals surface area contributed by atoms with Gasteiger partial charge in [0.2, 0.25) is 17.7 Å². The second-order valence-electron chi connectivity index (χ2n) is 9.62. The molecule has 41 heavy (non-hydrogen) atoms. The number of benzene rings is 1. The fourth-order valence-electron chi connectivity index (χ4n) is 4.12. The van der Waals surface area contributed by atoms with Crippen molar-refractivity contribution < 1.29 is 38.5 Å². The van der Waals surface area contributed by atoms with Crippen LogP contribution < -0.4 is 32.7 Å². The lowest BCUT2D eigenvalue weighted by atomic mass is 9.67. The summed E-state index contributed by atoms with van der Waals surface area (Å²) < 4.78 is 16.0.